The molecule has 0 aliphatic heterocycles. The second-order valence-electron chi connectivity index (χ2n) is 7.13. The van der Waals surface area contributed by atoms with Gasteiger partial charge >= 0.3 is 6.01 Å². The number of carbonyl (C=O) groups is 1. The molecule has 0 spiro atoms. The maximum Gasteiger partial charge on any atom is 0.312 e. The molecular weight excluding hydrogens is 449 g/mol. The normalized spacial score (nSPS) is 11.6. The maximum absolute atomic E-state index is 14.4. The molecule has 13 heteroatoms. The number of hydrogen-bond acceptors (Lipinski definition) is 7. The van der Waals surface area contributed by atoms with Crippen LogP contribution in [0.1, 0.15) is 28.4 Å². The summed E-state index contributed by atoms with van der Waals surface area (Å²) in [5, 5.41) is 16.1. The number of anilines is 1. The number of nitrogens with two attached hydrogens (primary N) is 1. The predicted octanol–water partition coefficient (Wildman–Crippen LogP) is 2.34. The standard InChI is InChI=1S/C21H16B2F3N5O3/c22-6-14(23)20-16(26)4-13(24)5-17(20)33-10-19(32)31(9-18-29-30-21(28)34-18)8-12-2-1-11(7-27)3-15(12)25/h1-5,14H,6,8-10H2,(H2,28,30). The van der Waals surface area contributed by atoms with E-state index in [9.17, 15) is 18.0 Å². The fourth-order valence-electron chi connectivity index (χ4n) is 3.07. The molecule has 3 rings (SSSR count). The summed E-state index contributed by atoms with van der Waals surface area (Å²) in [5.74, 6) is -4.68. The summed E-state index contributed by atoms with van der Waals surface area (Å²) >= 11 is 0. The molecule has 1 aromatic heterocycles. The summed E-state index contributed by atoms with van der Waals surface area (Å²) in [6.07, 6.45) is -0.157. The van der Waals surface area contributed by atoms with Crippen LogP contribution < -0.4 is 10.5 Å². The molecule has 0 bridgehead atoms. The first-order chi connectivity index (χ1) is 16.2. The molecule has 4 radical (unpaired) electrons. The van der Waals surface area contributed by atoms with Crippen LogP contribution in [-0.2, 0) is 17.9 Å². The van der Waals surface area contributed by atoms with Crippen molar-refractivity contribution in [1.29, 1.82) is 5.26 Å². The summed E-state index contributed by atoms with van der Waals surface area (Å²) in [6.45, 7) is -1.22. The summed E-state index contributed by atoms with van der Waals surface area (Å²) in [4.78, 5) is 14.1. The number of benzene rings is 2. The molecule has 0 aliphatic rings. The van der Waals surface area contributed by atoms with E-state index in [1.807, 2.05) is 6.07 Å². The average Bonchev–Trinajstić information content (AvgIpc) is 3.21. The number of nitriles is 1. The lowest BCUT2D eigenvalue weighted by molar-refractivity contribution is -0.135. The highest BCUT2D eigenvalue weighted by Crippen LogP contribution is 2.31. The van der Waals surface area contributed by atoms with E-state index < -0.39 is 35.8 Å². The SMILES string of the molecule is [B]CC([B])c1c(F)cc(F)cc1OCC(=O)N(Cc1nnc(N)o1)Cc1ccc(C#N)cc1F. The Kier molecular flexibility index (Phi) is 7.83. The van der Waals surface area contributed by atoms with Crippen molar-refractivity contribution in [3.8, 4) is 11.8 Å². The number of rotatable bonds is 9. The minimum atomic E-state index is -1.00. The van der Waals surface area contributed by atoms with Crippen LogP contribution in [0.5, 0.6) is 5.75 Å². The number of nitrogens with zero attached hydrogens (tertiary/aromatic N) is 4. The largest absolute Gasteiger partial charge is 0.483 e. The van der Waals surface area contributed by atoms with Gasteiger partial charge in [-0.3, -0.25) is 4.79 Å². The average molecular weight is 465 g/mol. The first-order valence-corrected chi connectivity index (χ1v) is 9.83. The van der Waals surface area contributed by atoms with Crippen molar-refractivity contribution in [1.82, 2.24) is 15.1 Å². The smallest absolute Gasteiger partial charge is 0.312 e. The Hall–Kier alpha value is -3.94. The molecule has 170 valence electrons. The number of halogens is 3. The number of aromatic nitrogens is 2. The first-order valence-electron chi connectivity index (χ1n) is 9.83. The first kappa shape index (κ1) is 24.7. The van der Waals surface area contributed by atoms with Crippen LogP contribution in [0.3, 0.4) is 0 Å². The van der Waals surface area contributed by atoms with Gasteiger partial charge in [-0.1, -0.05) is 23.3 Å². The monoisotopic (exact) mass is 465 g/mol. The van der Waals surface area contributed by atoms with Crippen LogP contribution >= 0.6 is 0 Å². The molecule has 0 fully saturated rings. The Morgan fingerprint density at radius 2 is 1.97 bits per heavy atom. The van der Waals surface area contributed by atoms with Crippen LogP contribution in [0, 0.1) is 28.8 Å². The van der Waals surface area contributed by atoms with E-state index in [1.54, 1.807) is 0 Å². The van der Waals surface area contributed by atoms with E-state index in [1.165, 1.54) is 12.1 Å². The second-order valence-corrected chi connectivity index (χ2v) is 7.13. The van der Waals surface area contributed by atoms with Crippen LogP contribution in [0.4, 0.5) is 19.2 Å². The molecule has 0 saturated heterocycles. The van der Waals surface area contributed by atoms with Crippen LogP contribution in [-0.4, -0.2) is 43.3 Å². The van der Waals surface area contributed by atoms with Gasteiger partial charge in [-0.15, -0.1) is 5.10 Å². The van der Waals surface area contributed by atoms with Crippen LogP contribution in [0.15, 0.2) is 34.7 Å². The van der Waals surface area contributed by atoms with Crippen molar-refractivity contribution in [3.05, 3.63) is 70.4 Å². The Morgan fingerprint density at radius 1 is 1.21 bits per heavy atom. The summed E-state index contributed by atoms with van der Waals surface area (Å²) in [6, 6.07) is 6.83. The van der Waals surface area contributed by atoms with E-state index >= 15 is 0 Å². The molecule has 3 aromatic rings. The van der Waals surface area contributed by atoms with Crippen molar-refractivity contribution in [2.75, 3.05) is 12.3 Å². The van der Waals surface area contributed by atoms with Gasteiger partial charge in [0.2, 0.25) is 5.89 Å². The third kappa shape index (κ3) is 5.89. The maximum atomic E-state index is 14.4. The predicted molar refractivity (Wildman–Crippen MR) is 115 cm³/mol. The van der Waals surface area contributed by atoms with Crippen molar-refractivity contribution in [2.45, 2.75) is 25.2 Å². The zero-order valence-corrected chi connectivity index (χ0v) is 17.7. The number of amides is 1. The third-order valence-electron chi connectivity index (χ3n) is 4.74. The van der Waals surface area contributed by atoms with Gasteiger partial charge in [-0.25, -0.2) is 13.2 Å². The lowest BCUT2D eigenvalue weighted by Gasteiger charge is -2.23. The summed E-state index contributed by atoms with van der Waals surface area (Å²) in [5.41, 5.74) is 5.41. The van der Waals surface area contributed by atoms with Gasteiger partial charge in [-0.2, -0.15) is 5.26 Å². The van der Waals surface area contributed by atoms with Crippen molar-refractivity contribution in [3.63, 3.8) is 0 Å². The second kappa shape index (κ2) is 10.8. The third-order valence-corrected chi connectivity index (χ3v) is 4.74. The molecule has 0 saturated carbocycles. The van der Waals surface area contributed by atoms with Crippen molar-refractivity contribution < 1.29 is 27.1 Å². The Labute approximate surface area is 195 Å². The zero-order valence-electron chi connectivity index (χ0n) is 17.7. The highest BCUT2D eigenvalue weighted by Gasteiger charge is 2.22. The van der Waals surface area contributed by atoms with Gasteiger partial charge in [-0.05, 0) is 12.1 Å². The van der Waals surface area contributed by atoms with E-state index in [4.69, 9.17) is 35.8 Å². The molecule has 1 amide bonds. The minimum Gasteiger partial charge on any atom is -0.483 e. The molecule has 2 aromatic carbocycles. The summed E-state index contributed by atoms with van der Waals surface area (Å²) < 4.78 is 52.9. The highest BCUT2D eigenvalue weighted by atomic mass is 19.1. The summed E-state index contributed by atoms with van der Waals surface area (Å²) in [7, 11) is 11.3. The highest BCUT2D eigenvalue weighted by molar-refractivity contribution is 6.19. The topological polar surface area (TPSA) is 118 Å². The fraction of sp³-hybridized carbons (Fsp3) is 0.238. The van der Waals surface area contributed by atoms with Crippen LogP contribution in [0.25, 0.3) is 0 Å². The van der Waals surface area contributed by atoms with E-state index in [0.717, 1.165) is 17.0 Å². The molecule has 0 aliphatic carbocycles. The molecule has 34 heavy (non-hydrogen) atoms. The van der Waals surface area contributed by atoms with E-state index in [0.29, 0.717) is 6.07 Å². The number of nitrogen functional groups attached to an aromatic ring is 1. The molecule has 8 nitrogen and oxygen atoms in total. The Balaban J connectivity index is 1.84. The van der Waals surface area contributed by atoms with Gasteiger partial charge in [0.05, 0.1) is 33.9 Å². The fourth-order valence-corrected chi connectivity index (χ4v) is 3.07. The molecule has 1 atom stereocenters. The van der Waals surface area contributed by atoms with Gasteiger partial charge in [0.15, 0.2) is 6.61 Å². The molecule has 1 unspecified atom stereocenters. The van der Waals surface area contributed by atoms with E-state index in [-0.39, 0.29) is 53.8 Å². The minimum absolute atomic E-state index is 0.0393. The quantitative estimate of drug-likeness (QED) is 0.482. The molecular formula is C21H16B2F3N5O3. The number of ether oxygens (including phenoxy) is 1. The number of carbonyl (C=O) groups excluding carboxylic acids is 1. The van der Waals surface area contributed by atoms with Gasteiger partial charge < -0.3 is 19.8 Å². The van der Waals surface area contributed by atoms with Gasteiger partial charge in [0, 0.05) is 29.8 Å². The Bertz CT molecular complexity index is 1230. The molecule has 1 heterocycles. The molecule has 2 N–H and O–H groups in total. The zero-order chi connectivity index (χ0) is 24.8. The van der Waals surface area contributed by atoms with Crippen molar-refractivity contribution in [2.24, 2.45) is 0 Å². The number of hydrogen-bond donors (Lipinski definition) is 1. The van der Waals surface area contributed by atoms with Gasteiger partial charge in [0.1, 0.15) is 23.2 Å². The van der Waals surface area contributed by atoms with Gasteiger partial charge in [0.25, 0.3) is 5.91 Å². The van der Waals surface area contributed by atoms with E-state index in [2.05, 4.69) is 10.2 Å². The lowest BCUT2D eigenvalue weighted by atomic mass is 9.72. The lowest BCUT2D eigenvalue weighted by Crippen LogP contribution is -2.34. The van der Waals surface area contributed by atoms with Crippen molar-refractivity contribution >= 4 is 27.6 Å². The van der Waals surface area contributed by atoms with Crippen LogP contribution in [0.2, 0.25) is 6.32 Å². The Morgan fingerprint density at radius 3 is 2.59 bits per heavy atom.